The highest BCUT2D eigenvalue weighted by Crippen LogP contribution is 2.41. The lowest BCUT2D eigenvalue weighted by molar-refractivity contribution is 0.383. The van der Waals surface area contributed by atoms with Crippen LogP contribution in [-0.4, -0.2) is 5.16 Å². The molecule has 0 spiro atoms. The number of hydrogen-bond acceptors (Lipinski definition) is 3. The topological polar surface area (TPSA) is 52.0 Å². The van der Waals surface area contributed by atoms with E-state index in [1.54, 1.807) is 6.20 Å². The summed E-state index contributed by atoms with van der Waals surface area (Å²) in [5.41, 5.74) is 6.53. The van der Waals surface area contributed by atoms with Crippen molar-refractivity contribution in [1.82, 2.24) is 5.16 Å². The third-order valence-corrected chi connectivity index (χ3v) is 1.84. The fraction of sp³-hybridized carbons (Fsp3) is 0.571. The second kappa shape index (κ2) is 2.09. The predicted octanol–water partition coefficient (Wildman–Crippen LogP) is 1.01. The van der Waals surface area contributed by atoms with Crippen LogP contribution in [0, 0.1) is 0 Å². The average Bonchev–Trinajstić information content (AvgIpc) is 2.69. The van der Waals surface area contributed by atoms with Crippen LogP contribution in [0.5, 0.6) is 0 Å². The van der Waals surface area contributed by atoms with E-state index in [2.05, 4.69) is 5.16 Å². The van der Waals surface area contributed by atoms with Gasteiger partial charge in [0.25, 0.3) is 0 Å². The van der Waals surface area contributed by atoms with Crippen LogP contribution in [0.4, 0.5) is 0 Å². The van der Waals surface area contributed by atoms with Crippen LogP contribution in [0.3, 0.4) is 0 Å². The fourth-order valence-corrected chi connectivity index (χ4v) is 1.10. The first-order chi connectivity index (χ1) is 4.92. The summed E-state index contributed by atoms with van der Waals surface area (Å²) in [7, 11) is 0. The highest BCUT2D eigenvalue weighted by molar-refractivity contribution is 5.20. The van der Waals surface area contributed by atoms with E-state index in [1.807, 2.05) is 0 Å². The fourth-order valence-electron chi connectivity index (χ4n) is 1.10. The van der Waals surface area contributed by atoms with Crippen LogP contribution in [-0.2, 0) is 6.54 Å². The quantitative estimate of drug-likeness (QED) is 0.663. The molecule has 1 saturated carbocycles. The minimum atomic E-state index is 0.551. The van der Waals surface area contributed by atoms with Crippen LogP contribution in [0.2, 0.25) is 0 Å². The smallest absolute Gasteiger partial charge is 0.144 e. The summed E-state index contributed by atoms with van der Waals surface area (Å²) in [5.74, 6) is 1.64. The predicted molar refractivity (Wildman–Crippen MR) is 36.4 cm³/mol. The molecule has 0 radical (unpaired) electrons. The minimum absolute atomic E-state index is 0.551. The van der Waals surface area contributed by atoms with Gasteiger partial charge in [-0.2, -0.15) is 0 Å². The summed E-state index contributed by atoms with van der Waals surface area (Å²) in [6.07, 6.45) is 4.19. The van der Waals surface area contributed by atoms with Crippen molar-refractivity contribution in [2.24, 2.45) is 5.73 Å². The van der Waals surface area contributed by atoms with E-state index in [1.165, 1.54) is 12.8 Å². The Kier molecular flexibility index (Phi) is 1.24. The summed E-state index contributed by atoms with van der Waals surface area (Å²) in [4.78, 5) is 0. The number of hydrogen-bond donors (Lipinski definition) is 1. The van der Waals surface area contributed by atoms with Crippen molar-refractivity contribution < 1.29 is 4.52 Å². The SMILES string of the molecule is NCc1cnoc1C1CC1. The maximum Gasteiger partial charge on any atom is 0.144 e. The monoisotopic (exact) mass is 138 g/mol. The van der Waals surface area contributed by atoms with Crippen molar-refractivity contribution in [2.75, 3.05) is 0 Å². The first-order valence-electron chi connectivity index (χ1n) is 3.55. The lowest BCUT2D eigenvalue weighted by Crippen LogP contribution is -1.96. The molecule has 0 atom stereocenters. The van der Waals surface area contributed by atoms with E-state index in [4.69, 9.17) is 10.3 Å². The van der Waals surface area contributed by atoms with E-state index >= 15 is 0 Å². The number of aromatic nitrogens is 1. The molecule has 0 aliphatic heterocycles. The molecule has 1 heterocycles. The van der Waals surface area contributed by atoms with E-state index in [0.29, 0.717) is 12.5 Å². The first kappa shape index (κ1) is 5.92. The number of nitrogens with two attached hydrogens (primary N) is 1. The zero-order chi connectivity index (χ0) is 6.97. The van der Waals surface area contributed by atoms with Gasteiger partial charge in [-0.1, -0.05) is 5.16 Å². The van der Waals surface area contributed by atoms with E-state index in [9.17, 15) is 0 Å². The molecule has 1 aromatic rings. The van der Waals surface area contributed by atoms with Crippen molar-refractivity contribution in [3.63, 3.8) is 0 Å². The Hall–Kier alpha value is -0.830. The van der Waals surface area contributed by atoms with E-state index < -0.39 is 0 Å². The van der Waals surface area contributed by atoms with Gasteiger partial charge in [0.15, 0.2) is 0 Å². The molecule has 2 rings (SSSR count). The van der Waals surface area contributed by atoms with Gasteiger partial charge in [0, 0.05) is 18.0 Å². The van der Waals surface area contributed by atoms with Crippen molar-refractivity contribution in [3.8, 4) is 0 Å². The number of rotatable bonds is 2. The van der Waals surface area contributed by atoms with Gasteiger partial charge in [-0.05, 0) is 12.8 Å². The van der Waals surface area contributed by atoms with Crippen molar-refractivity contribution in [2.45, 2.75) is 25.3 Å². The standard InChI is InChI=1S/C7H10N2O/c8-3-6-4-9-10-7(6)5-1-2-5/h4-5H,1-3,8H2. The van der Waals surface area contributed by atoms with Gasteiger partial charge in [0.1, 0.15) is 5.76 Å². The van der Waals surface area contributed by atoms with Crippen LogP contribution in [0.25, 0.3) is 0 Å². The molecule has 10 heavy (non-hydrogen) atoms. The molecule has 1 aromatic heterocycles. The van der Waals surface area contributed by atoms with Crippen LogP contribution < -0.4 is 5.73 Å². The zero-order valence-electron chi connectivity index (χ0n) is 5.71. The second-order valence-corrected chi connectivity index (χ2v) is 2.69. The van der Waals surface area contributed by atoms with Gasteiger partial charge < -0.3 is 10.3 Å². The summed E-state index contributed by atoms with van der Waals surface area (Å²) in [6.45, 7) is 0.551. The lowest BCUT2D eigenvalue weighted by Gasteiger charge is -1.91. The van der Waals surface area contributed by atoms with Crippen molar-refractivity contribution in [3.05, 3.63) is 17.5 Å². The largest absolute Gasteiger partial charge is 0.361 e. The Morgan fingerprint density at radius 2 is 2.50 bits per heavy atom. The Morgan fingerprint density at radius 1 is 1.70 bits per heavy atom. The van der Waals surface area contributed by atoms with Gasteiger partial charge >= 0.3 is 0 Å². The van der Waals surface area contributed by atoms with Gasteiger partial charge in [-0.25, -0.2) is 0 Å². The molecule has 0 amide bonds. The molecule has 1 aliphatic rings. The average molecular weight is 138 g/mol. The maximum absolute atomic E-state index is 5.46. The Bertz CT molecular complexity index is 227. The summed E-state index contributed by atoms with van der Waals surface area (Å²) in [5, 5.41) is 3.70. The van der Waals surface area contributed by atoms with Gasteiger partial charge in [-0.15, -0.1) is 0 Å². The molecule has 1 fully saturated rings. The summed E-state index contributed by atoms with van der Waals surface area (Å²) >= 11 is 0. The van der Waals surface area contributed by atoms with Crippen LogP contribution >= 0.6 is 0 Å². The Labute approximate surface area is 59.2 Å². The highest BCUT2D eigenvalue weighted by atomic mass is 16.5. The summed E-state index contributed by atoms with van der Waals surface area (Å²) in [6, 6.07) is 0. The number of nitrogens with zero attached hydrogens (tertiary/aromatic N) is 1. The molecule has 0 unspecified atom stereocenters. The first-order valence-corrected chi connectivity index (χ1v) is 3.55. The van der Waals surface area contributed by atoms with Gasteiger partial charge in [-0.3, -0.25) is 0 Å². The van der Waals surface area contributed by atoms with Gasteiger partial charge in [0.05, 0.1) is 6.20 Å². The third-order valence-electron chi connectivity index (χ3n) is 1.84. The molecule has 54 valence electrons. The van der Waals surface area contributed by atoms with E-state index in [-0.39, 0.29) is 0 Å². The molecule has 3 nitrogen and oxygen atoms in total. The second-order valence-electron chi connectivity index (χ2n) is 2.69. The van der Waals surface area contributed by atoms with Crippen LogP contribution in [0.15, 0.2) is 10.7 Å². The Morgan fingerprint density at radius 3 is 3.10 bits per heavy atom. The molecule has 3 heteroatoms. The normalized spacial score (nSPS) is 17.7. The summed E-state index contributed by atoms with van der Waals surface area (Å²) < 4.78 is 5.05. The minimum Gasteiger partial charge on any atom is -0.361 e. The molecular weight excluding hydrogens is 128 g/mol. The van der Waals surface area contributed by atoms with Crippen LogP contribution in [0.1, 0.15) is 30.1 Å². The molecular formula is C7H10N2O. The molecule has 0 saturated heterocycles. The lowest BCUT2D eigenvalue weighted by atomic mass is 10.2. The Balaban J connectivity index is 2.28. The van der Waals surface area contributed by atoms with Crippen molar-refractivity contribution in [1.29, 1.82) is 0 Å². The van der Waals surface area contributed by atoms with E-state index in [0.717, 1.165) is 11.3 Å². The third kappa shape index (κ3) is 0.827. The molecule has 2 N–H and O–H groups in total. The molecule has 0 aromatic carbocycles. The highest BCUT2D eigenvalue weighted by Gasteiger charge is 2.29. The van der Waals surface area contributed by atoms with Gasteiger partial charge in [0.2, 0.25) is 0 Å². The molecule has 0 bridgehead atoms. The maximum atomic E-state index is 5.46. The van der Waals surface area contributed by atoms with Crippen molar-refractivity contribution >= 4 is 0 Å². The zero-order valence-corrected chi connectivity index (χ0v) is 5.71. The molecule has 1 aliphatic carbocycles.